The quantitative estimate of drug-likeness (QED) is 0.620. The maximum atomic E-state index is 12.6. The van der Waals surface area contributed by atoms with Gasteiger partial charge in [0, 0.05) is 5.69 Å². The Balaban J connectivity index is 1.64. The fourth-order valence-electron chi connectivity index (χ4n) is 3.24. The molecule has 0 radical (unpaired) electrons. The number of hydrogen-bond donors (Lipinski definition) is 1. The van der Waals surface area contributed by atoms with Crippen molar-refractivity contribution in [1.29, 1.82) is 0 Å². The van der Waals surface area contributed by atoms with Crippen molar-refractivity contribution in [2.24, 2.45) is 0 Å². The summed E-state index contributed by atoms with van der Waals surface area (Å²) in [7, 11) is 0. The Morgan fingerprint density at radius 1 is 1.03 bits per heavy atom. The smallest absolute Gasteiger partial charge is 0.342 e. The van der Waals surface area contributed by atoms with Gasteiger partial charge in [-0.1, -0.05) is 55.5 Å². The molecule has 2 aromatic carbocycles. The van der Waals surface area contributed by atoms with Crippen LogP contribution in [0.2, 0.25) is 0 Å². The zero-order valence-electron chi connectivity index (χ0n) is 16.9. The third kappa shape index (κ3) is 4.90. The van der Waals surface area contributed by atoms with E-state index in [-0.39, 0.29) is 12.5 Å². The van der Waals surface area contributed by atoms with Crippen LogP contribution in [-0.2, 0) is 22.5 Å². The molecule has 0 bridgehead atoms. The molecule has 3 rings (SSSR count). The zero-order chi connectivity index (χ0) is 20.8. The van der Waals surface area contributed by atoms with Gasteiger partial charge in [0.15, 0.2) is 6.61 Å². The molecule has 0 unspecified atom stereocenters. The predicted octanol–water partition coefficient (Wildman–Crippen LogP) is 3.91. The van der Waals surface area contributed by atoms with Crippen molar-refractivity contribution < 1.29 is 14.3 Å². The molecule has 150 valence electrons. The lowest BCUT2D eigenvalue weighted by molar-refractivity contribution is -0.119. The summed E-state index contributed by atoms with van der Waals surface area (Å²) in [6, 6.07) is 17.5. The lowest BCUT2D eigenvalue weighted by Gasteiger charge is -2.10. The largest absolute Gasteiger partial charge is 0.452 e. The van der Waals surface area contributed by atoms with Gasteiger partial charge >= 0.3 is 5.97 Å². The van der Waals surface area contributed by atoms with Crippen LogP contribution in [0.5, 0.6) is 0 Å². The molecule has 0 aliphatic rings. The number of esters is 1. The molecule has 0 saturated carbocycles. The molecule has 1 amide bonds. The first-order valence-electron chi connectivity index (χ1n) is 9.62. The molecule has 1 aromatic heterocycles. The normalized spacial score (nSPS) is 10.6. The predicted molar refractivity (Wildman–Crippen MR) is 112 cm³/mol. The number of anilines is 1. The van der Waals surface area contributed by atoms with Crippen molar-refractivity contribution in [2.75, 3.05) is 11.9 Å². The summed E-state index contributed by atoms with van der Waals surface area (Å²) in [6.45, 7) is 5.83. The number of nitrogens with one attached hydrogen (secondary N) is 1. The standard InChI is InChI=1S/C23H25N3O3/c1-4-19-12-8-9-13-20(19)24-21(27)15-29-23(28)22-16(2)25-26(17(22)3)14-18-10-6-5-7-11-18/h5-13H,4,14-15H2,1-3H3,(H,24,27). The van der Waals surface area contributed by atoms with E-state index in [1.54, 1.807) is 11.6 Å². The summed E-state index contributed by atoms with van der Waals surface area (Å²) >= 11 is 0. The number of benzene rings is 2. The van der Waals surface area contributed by atoms with E-state index in [2.05, 4.69) is 10.4 Å². The number of aromatic nitrogens is 2. The van der Waals surface area contributed by atoms with Gasteiger partial charge in [0.2, 0.25) is 0 Å². The van der Waals surface area contributed by atoms with E-state index in [1.807, 2.05) is 68.4 Å². The SMILES string of the molecule is CCc1ccccc1NC(=O)COC(=O)c1c(C)nn(Cc2ccccc2)c1C. The van der Waals surface area contributed by atoms with Crippen LogP contribution >= 0.6 is 0 Å². The van der Waals surface area contributed by atoms with Gasteiger partial charge in [-0.25, -0.2) is 4.79 Å². The molecule has 0 saturated heterocycles. The third-order valence-corrected chi connectivity index (χ3v) is 4.77. The molecule has 0 aliphatic carbocycles. The van der Waals surface area contributed by atoms with E-state index in [1.165, 1.54) is 0 Å². The molecule has 29 heavy (non-hydrogen) atoms. The fourth-order valence-corrected chi connectivity index (χ4v) is 3.24. The summed E-state index contributed by atoms with van der Waals surface area (Å²) in [4.78, 5) is 24.8. The number of amides is 1. The zero-order valence-corrected chi connectivity index (χ0v) is 16.9. The Bertz CT molecular complexity index is 1010. The molecule has 0 spiro atoms. The van der Waals surface area contributed by atoms with Crippen molar-refractivity contribution >= 4 is 17.6 Å². The number of para-hydroxylation sites is 1. The molecule has 0 aliphatic heterocycles. The van der Waals surface area contributed by atoms with Crippen LogP contribution < -0.4 is 5.32 Å². The van der Waals surface area contributed by atoms with Crippen LogP contribution in [0.3, 0.4) is 0 Å². The molecule has 0 fully saturated rings. The number of carbonyl (C=O) groups excluding carboxylic acids is 2. The Morgan fingerprint density at radius 2 is 1.72 bits per heavy atom. The highest BCUT2D eigenvalue weighted by Gasteiger charge is 2.21. The molecular formula is C23H25N3O3. The van der Waals surface area contributed by atoms with E-state index >= 15 is 0 Å². The molecule has 1 heterocycles. The molecule has 3 aromatic rings. The Morgan fingerprint density at radius 3 is 2.45 bits per heavy atom. The van der Waals surface area contributed by atoms with Gasteiger partial charge in [0.25, 0.3) is 5.91 Å². The minimum absolute atomic E-state index is 0.348. The third-order valence-electron chi connectivity index (χ3n) is 4.77. The maximum absolute atomic E-state index is 12.6. The van der Waals surface area contributed by atoms with Crippen LogP contribution in [0.15, 0.2) is 54.6 Å². The lowest BCUT2D eigenvalue weighted by atomic mass is 10.1. The Labute approximate surface area is 170 Å². The van der Waals surface area contributed by atoms with Gasteiger partial charge < -0.3 is 10.1 Å². The van der Waals surface area contributed by atoms with Gasteiger partial charge in [0.1, 0.15) is 5.56 Å². The number of nitrogens with zero attached hydrogens (tertiary/aromatic N) is 2. The first-order valence-corrected chi connectivity index (χ1v) is 9.62. The van der Waals surface area contributed by atoms with E-state index in [0.717, 1.165) is 23.2 Å². The van der Waals surface area contributed by atoms with Gasteiger partial charge in [-0.15, -0.1) is 0 Å². The summed E-state index contributed by atoms with van der Waals surface area (Å²) in [6.07, 6.45) is 0.801. The van der Waals surface area contributed by atoms with Crippen LogP contribution in [0.4, 0.5) is 5.69 Å². The minimum atomic E-state index is -0.543. The Hall–Kier alpha value is -3.41. The van der Waals surface area contributed by atoms with E-state index in [4.69, 9.17) is 4.74 Å². The lowest BCUT2D eigenvalue weighted by Crippen LogP contribution is -2.22. The molecule has 0 atom stereocenters. The summed E-state index contributed by atoms with van der Waals surface area (Å²) in [5.41, 5.74) is 4.56. The van der Waals surface area contributed by atoms with Gasteiger partial charge in [-0.2, -0.15) is 5.10 Å². The number of carbonyl (C=O) groups is 2. The highest BCUT2D eigenvalue weighted by Crippen LogP contribution is 2.17. The number of rotatable bonds is 7. The average Bonchev–Trinajstić information content (AvgIpc) is 3.00. The van der Waals surface area contributed by atoms with E-state index in [0.29, 0.717) is 23.5 Å². The molecular weight excluding hydrogens is 366 g/mol. The minimum Gasteiger partial charge on any atom is -0.452 e. The van der Waals surface area contributed by atoms with E-state index in [9.17, 15) is 9.59 Å². The number of hydrogen-bond acceptors (Lipinski definition) is 4. The highest BCUT2D eigenvalue weighted by atomic mass is 16.5. The second-order valence-corrected chi connectivity index (χ2v) is 6.82. The summed E-state index contributed by atoms with van der Waals surface area (Å²) < 4.78 is 7.03. The number of ether oxygens (including phenoxy) is 1. The topological polar surface area (TPSA) is 73.2 Å². The molecule has 6 nitrogen and oxygen atoms in total. The van der Waals surface area contributed by atoms with Crippen molar-refractivity contribution in [3.8, 4) is 0 Å². The first kappa shape index (κ1) is 20.3. The van der Waals surface area contributed by atoms with Gasteiger partial charge in [0.05, 0.1) is 17.9 Å². The van der Waals surface area contributed by atoms with Crippen molar-refractivity contribution in [2.45, 2.75) is 33.7 Å². The summed E-state index contributed by atoms with van der Waals surface area (Å²) in [5.74, 6) is -0.913. The van der Waals surface area contributed by atoms with Gasteiger partial charge in [-0.3, -0.25) is 9.48 Å². The van der Waals surface area contributed by atoms with Crippen LogP contribution in [-0.4, -0.2) is 28.3 Å². The van der Waals surface area contributed by atoms with E-state index < -0.39 is 5.97 Å². The maximum Gasteiger partial charge on any atom is 0.342 e. The fraction of sp³-hybridized carbons (Fsp3) is 0.261. The average molecular weight is 391 g/mol. The second kappa shape index (κ2) is 9.19. The highest BCUT2D eigenvalue weighted by molar-refractivity contribution is 5.96. The molecule has 1 N–H and O–H groups in total. The van der Waals surface area contributed by atoms with Crippen molar-refractivity contribution in [3.05, 3.63) is 82.7 Å². The van der Waals surface area contributed by atoms with Crippen LogP contribution in [0.25, 0.3) is 0 Å². The Kier molecular flexibility index (Phi) is 6.44. The first-order chi connectivity index (χ1) is 14.0. The van der Waals surface area contributed by atoms with Crippen molar-refractivity contribution in [1.82, 2.24) is 9.78 Å². The monoisotopic (exact) mass is 391 g/mol. The van der Waals surface area contributed by atoms with Crippen LogP contribution in [0.1, 0.15) is 39.8 Å². The molecule has 6 heteroatoms. The summed E-state index contributed by atoms with van der Waals surface area (Å²) in [5, 5.41) is 7.26. The van der Waals surface area contributed by atoms with Crippen LogP contribution in [0, 0.1) is 13.8 Å². The second-order valence-electron chi connectivity index (χ2n) is 6.82. The van der Waals surface area contributed by atoms with Crippen molar-refractivity contribution in [3.63, 3.8) is 0 Å². The number of aryl methyl sites for hydroxylation is 2. The van der Waals surface area contributed by atoms with Gasteiger partial charge in [-0.05, 0) is 37.5 Å².